The Morgan fingerprint density at radius 1 is 1.43 bits per heavy atom. The van der Waals surface area contributed by atoms with Crippen molar-refractivity contribution in [3.8, 4) is 0 Å². The quantitative estimate of drug-likeness (QED) is 0.404. The fraction of sp³-hybridized carbons (Fsp3) is 0. The molecule has 0 fully saturated rings. The first kappa shape index (κ1) is 15.6. The van der Waals surface area contributed by atoms with Gasteiger partial charge in [-0.15, -0.1) is 0 Å². The van der Waals surface area contributed by atoms with Gasteiger partial charge in [0.25, 0.3) is 0 Å². The molecule has 0 heterocycles. The zero-order chi connectivity index (χ0) is 4.50. The van der Waals surface area contributed by atoms with Gasteiger partial charge in [-0.2, -0.15) is 0 Å². The van der Waals surface area contributed by atoms with Gasteiger partial charge in [0.05, 0.1) is 7.82 Å². The van der Waals surface area contributed by atoms with Crippen LogP contribution in [0.15, 0.2) is 0 Å². The molecule has 0 unspecified atom stereocenters. The van der Waals surface area contributed by atoms with Crippen LogP contribution >= 0.6 is 7.82 Å². The van der Waals surface area contributed by atoms with E-state index >= 15 is 0 Å². The van der Waals surface area contributed by atoms with E-state index in [2.05, 4.69) is 0 Å². The van der Waals surface area contributed by atoms with Crippen molar-refractivity contribution in [3.05, 3.63) is 0 Å². The average molecular weight is 163 g/mol. The molecule has 0 aliphatic rings. The minimum absolute atomic E-state index is 0. The normalized spacial score (nSPS) is 8.43. The smallest absolute Gasteiger partial charge is 2.00 e. The second kappa shape index (κ2) is 4.80. The van der Waals surface area contributed by atoms with Crippen LogP contribution < -0.4 is 9.79 Å². The molecule has 0 saturated heterocycles. The molecular weight excluding hydrogens is 162 g/mol. The van der Waals surface area contributed by atoms with Crippen LogP contribution in [0.2, 0.25) is 0 Å². The van der Waals surface area contributed by atoms with Crippen LogP contribution in [-0.4, -0.2) is 4.89 Å². The Balaban J connectivity index is -0.0000000800. The Labute approximate surface area is 51.8 Å². The molecule has 0 bridgehead atoms. The Kier molecular flexibility index (Phi) is 10.7. The molecule has 1 N–H and O–H groups in total. The topological polar surface area (TPSA) is 112 Å². The zero-order valence-electron chi connectivity index (χ0n) is 2.97. The van der Waals surface area contributed by atoms with Crippen LogP contribution in [0, 0.1) is 0 Å². The Morgan fingerprint density at radius 3 is 1.43 bits per heavy atom. The summed E-state index contributed by atoms with van der Waals surface area (Å²) < 4.78 is 8.66. The largest absolute Gasteiger partial charge is 4.00 e. The van der Waals surface area contributed by atoms with Gasteiger partial charge >= 0.3 is 18.6 Å². The van der Waals surface area contributed by atoms with E-state index in [1.54, 1.807) is 0 Å². The molecule has 0 saturated carbocycles. The van der Waals surface area contributed by atoms with Crippen molar-refractivity contribution in [3.63, 3.8) is 0 Å². The summed E-state index contributed by atoms with van der Waals surface area (Å²) in [6.07, 6.45) is 0. The van der Waals surface area contributed by atoms with E-state index < -0.39 is 7.82 Å². The van der Waals surface area contributed by atoms with E-state index in [1.807, 2.05) is 0 Å². The summed E-state index contributed by atoms with van der Waals surface area (Å²) in [5.41, 5.74) is 0. The summed E-state index contributed by atoms with van der Waals surface area (Å²) in [5, 5.41) is 0. The van der Waals surface area contributed by atoms with Crippen molar-refractivity contribution < 1.29 is 43.3 Å². The van der Waals surface area contributed by atoms with E-state index in [4.69, 9.17) is 19.2 Å². The second-order valence-corrected chi connectivity index (χ2v) is 1.41. The molecule has 0 aromatic carbocycles. The first-order chi connectivity index (χ1) is 2.00. The standard InChI is InChI=1S/H3O4P.O.V/c1-5(2,3)4;;/h(H3,1,2,3,4);;/q;-2;+4/p-2. The number of hydrogen-bond donors (Lipinski definition) is 1. The molecule has 41 valence electrons. The summed E-state index contributed by atoms with van der Waals surface area (Å²) >= 11 is 0. The van der Waals surface area contributed by atoms with Crippen molar-refractivity contribution in [2.45, 2.75) is 0 Å². The van der Waals surface area contributed by atoms with Gasteiger partial charge < -0.3 is 24.7 Å². The molecule has 0 aromatic heterocycles. The van der Waals surface area contributed by atoms with Gasteiger partial charge in [0.1, 0.15) is 0 Å². The summed E-state index contributed by atoms with van der Waals surface area (Å²) in [6, 6.07) is 0. The molecule has 0 aliphatic carbocycles. The maximum Gasteiger partial charge on any atom is 4.00 e. The number of hydrogen-bond acceptors (Lipinski definition) is 3. The van der Waals surface area contributed by atoms with Crippen LogP contribution in [0.4, 0.5) is 0 Å². The van der Waals surface area contributed by atoms with Crippen LogP contribution in [0.3, 0.4) is 0 Å². The fourth-order valence-electron chi connectivity index (χ4n) is 0. The van der Waals surface area contributed by atoms with Gasteiger partial charge in [0.15, 0.2) is 0 Å². The second-order valence-electron chi connectivity index (χ2n) is 0.469. The first-order valence-corrected chi connectivity index (χ1v) is 2.24. The SMILES string of the molecule is O=P([O-])([O-])O.[O-2].[V+4]. The minimum atomic E-state index is -5.14. The maximum atomic E-state index is 8.66. The number of rotatable bonds is 0. The Bertz CT molecular complexity index is 54.2. The van der Waals surface area contributed by atoms with E-state index in [9.17, 15) is 0 Å². The van der Waals surface area contributed by atoms with Crippen molar-refractivity contribution in [2.75, 3.05) is 0 Å². The average Bonchev–Trinajstić information content (AvgIpc) is 0.722. The monoisotopic (exact) mass is 163 g/mol. The Hall–Kier alpha value is 0.654. The summed E-state index contributed by atoms with van der Waals surface area (Å²) in [5.74, 6) is 0. The van der Waals surface area contributed by atoms with Gasteiger partial charge in [0.2, 0.25) is 0 Å². The van der Waals surface area contributed by atoms with E-state index in [1.165, 1.54) is 0 Å². The van der Waals surface area contributed by atoms with Gasteiger partial charge in [-0.1, -0.05) is 0 Å². The molecule has 0 spiro atoms. The number of phosphoric acid groups is 1. The molecular formula is HO5PV. The summed E-state index contributed by atoms with van der Waals surface area (Å²) in [7, 11) is -5.14. The van der Waals surface area contributed by atoms with Gasteiger partial charge in [0, 0.05) is 0 Å². The van der Waals surface area contributed by atoms with Crippen LogP contribution in [0.5, 0.6) is 0 Å². The minimum Gasteiger partial charge on any atom is -2.00 e. The van der Waals surface area contributed by atoms with Crippen molar-refractivity contribution in [2.24, 2.45) is 0 Å². The van der Waals surface area contributed by atoms with Crippen LogP contribution in [0.1, 0.15) is 0 Å². The Morgan fingerprint density at radius 2 is 1.43 bits per heavy atom. The summed E-state index contributed by atoms with van der Waals surface area (Å²) in [4.78, 5) is 24.3. The van der Waals surface area contributed by atoms with Gasteiger partial charge in [-0.3, -0.25) is 0 Å². The van der Waals surface area contributed by atoms with Crippen molar-refractivity contribution in [1.29, 1.82) is 0 Å². The summed E-state index contributed by atoms with van der Waals surface area (Å²) in [6.45, 7) is 0. The molecule has 0 aliphatic heterocycles. The van der Waals surface area contributed by atoms with E-state index in [0.717, 1.165) is 0 Å². The van der Waals surface area contributed by atoms with Crippen molar-refractivity contribution >= 4 is 7.82 Å². The molecule has 0 atom stereocenters. The molecule has 1 radical (unpaired) electrons. The van der Waals surface area contributed by atoms with E-state index in [-0.39, 0.29) is 24.0 Å². The molecule has 7 heavy (non-hydrogen) atoms. The molecule has 0 amide bonds. The molecule has 0 rings (SSSR count). The molecule has 7 heteroatoms. The van der Waals surface area contributed by atoms with Gasteiger partial charge in [-0.05, 0) is 0 Å². The molecule has 0 aromatic rings. The van der Waals surface area contributed by atoms with Crippen LogP contribution in [-0.2, 0) is 28.6 Å². The third-order valence-corrected chi connectivity index (χ3v) is 0. The maximum absolute atomic E-state index is 8.66. The van der Waals surface area contributed by atoms with Crippen molar-refractivity contribution in [1.82, 2.24) is 0 Å². The first-order valence-electron chi connectivity index (χ1n) is 0.748. The van der Waals surface area contributed by atoms with Crippen LogP contribution in [0.25, 0.3) is 0 Å². The third kappa shape index (κ3) is 337. The predicted octanol–water partition coefficient (Wildman–Crippen LogP) is -2.31. The molecule has 5 nitrogen and oxygen atoms in total. The third-order valence-electron chi connectivity index (χ3n) is 0. The van der Waals surface area contributed by atoms with E-state index in [0.29, 0.717) is 0 Å². The predicted molar refractivity (Wildman–Crippen MR) is 10.5 cm³/mol. The van der Waals surface area contributed by atoms with Gasteiger partial charge in [-0.25, -0.2) is 0 Å². The fourth-order valence-corrected chi connectivity index (χ4v) is 0. The zero-order valence-corrected chi connectivity index (χ0v) is 5.27.